The molecule has 1 atom stereocenters. The molecular formula is C19H24ClN5O. The Labute approximate surface area is 158 Å². The van der Waals surface area contributed by atoms with Gasteiger partial charge in [-0.25, -0.2) is 9.67 Å². The Balaban J connectivity index is 1.29. The number of amides is 1. The van der Waals surface area contributed by atoms with Crippen molar-refractivity contribution in [1.82, 2.24) is 25.0 Å². The highest BCUT2D eigenvalue weighted by Gasteiger charge is 2.27. The number of piperidine rings is 1. The number of fused-ring (bicyclic) bond motifs is 1. The lowest BCUT2D eigenvalue weighted by molar-refractivity contribution is 0.0699. The zero-order chi connectivity index (χ0) is 18.1. The van der Waals surface area contributed by atoms with Crippen molar-refractivity contribution in [2.75, 3.05) is 13.1 Å². The molecule has 2 aliphatic rings. The summed E-state index contributed by atoms with van der Waals surface area (Å²) in [5.74, 6) is 2.05. The largest absolute Gasteiger partial charge is 0.339 e. The second-order valence-corrected chi connectivity index (χ2v) is 7.67. The summed E-state index contributed by atoms with van der Waals surface area (Å²) in [4.78, 5) is 19.0. The van der Waals surface area contributed by atoms with Crippen molar-refractivity contribution in [3.63, 3.8) is 0 Å². The smallest absolute Gasteiger partial charge is 0.253 e. The molecule has 3 heterocycles. The Morgan fingerprint density at radius 3 is 2.62 bits per heavy atom. The van der Waals surface area contributed by atoms with E-state index in [1.165, 1.54) is 0 Å². The molecule has 1 amide bonds. The molecule has 1 aromatic carbocycles. The van der Waals surface area contributed by atoms with Crippen LogP contribution in [0.2, 0.25) is 5.02 Å². The number of nitrogens with zero attached hydrogens (tertiary/aromatic N) is 4. The average molecular weight is 374 g/mol. The molecule has 1 unspecified atom stereocenters. The summed E-state index contributed by atoms with van der Waals surface area (Å²) in [6.45, 7) is 4.42. The van der Waals surface area contributed by atoms with E-state index in [4.69, 9.17) is 11.6 Å². The van der Waals surface area contributed by atoms with Crippen LogP contribution < -0.4 is 5.32 Å². The molecule has 26 heavy (non-hydrogen) atoms. The first-order valence-corrected chi connectivity index (χ1v) is 9.67. The van der Waals surface area contributed by atoms with Crippen LogP contribution >= 0.6 is 11.6 Å². The third-order valence-electron chi connectivity index (χ3n) is 5.31. The van der Waals surface area contributed by atoms with Crippen LogP contribution in [0.1, 0.15) is 41.3 Å². The normalized spacial score (nSPS) is 20.8. The Morgan fingerprint density at radius 2 is 1.88 bits per heavy atom. The predicted octanol–water partition coefficient (Wildman–Crippen LogP) is 2.45. The second-order valence-electron chi connectivity index (χ2n) is 7.23. The minimum absolute atomic E-state index is 0.0977. The number of rotatable bonds is 3. The second kappa shape index (κ2) is 7.37. The van der Waals surface area contributed by atoms with Gasteiger partial charge in [0.2, 0.25) is 0 Å². The summed E-state index contributed by atoms with van der Waals surface area (Å²) >= 11 is 5.90. The molecule has 2 aromatic rings. The summed E-state index contributed by atoms with van der Waals surface area (Å²) in [6, 6.07) is 8.04. The highest BCUT2D eigenvalue weighted by atomic mass is 35.5. The van der Waals surface area contributed by atoms with Crippen LogP contribution in [0.3, 0.4) is 0 Å². The summed E-state index contributed by atoms with van der Waals surface area (Å²) in [5.41, 5.74) is 0.710. The van der Waals surface area contributed by atoms with E-state index in [0.29, 0.717) is 22.7 Å². The van der Waals surface area contributed by atoms with Crippen molar-refractivity contribution in [2.45, 2.75) is 51.2 Å². The fourth-order valence-corrected chi connectivity index (χ4v) is 4.05. The number of nitrogens with one attached hydrogen (secondary N) is 1. The topological polar surface area (TPSA) is 63.1 Å². The van der Waals surface area contributed by atoms with Gasteiger partial charge in [-0.3, -0.25) is 4.79 Å². The molecule has 7 heteroatoms. The maximum atomic E-state index is 12.6. The molecule has 1 fully saturated rings. The maximum absolute atomic E-state index is 12.6. The van der Waals surface area contributed by atoms with Gasteiger partial charge in [0.05, 0.1) is 6.54 Å². The Morgan fingerprint density at radius 1 is 1.15 bits per heavy atom. The van der Waals surface area contributed by atoms with Crippen LogP contribution in [0.4, 0.5) is 0 Å². The highest BCUT2D eigenvalue weighted by Crippen LogP contribution is 2.19. The number of carbonyl (C=O) groups excluding carboxylic acids is 1. The first kappa shape index (κ1) is 17.5. The molecule has 1 N–H and O–H groups in total. The van der Waals surface area contributed by atoms with Gasteiger partial charge in [-0.15, -0.1) is 0 Å². The molecule has 0 bridgehead atoms. The molecule has 1 aromatic heterocycles. The number of hydrogen-bond donors (Lipinski definition) is 1. The molecule has 4 rings (SSSR count). The quantitative estimate of drug-likeness (QED) is 0.897. The average Bonchev–Trinajstić information content (AvgIpc) is 3.02. The van der Waals surface area contributed by atoms with Crippen molar-refractivity contribution in [3.8, 4) is 0 Å². The standard InChI is InChI=1S/C19H24ClN5O/c1-13-21-18-7-6-17(12-25(18)23-13)22-16-8-10-24(11-9-16)19(26)14-2-4-15(20)5-3-14/h2-5,16-17,22H,6-12H2,1H3. The molecule has 1 saturated heterocycles. The fourth-order valence-electron chi connectivity index (χ4n) is 3.93. The van der Waals surface area contributed by atoms with Gasteiger partial charge in [-0.1, -0.05) is 11.6 Å². The Bertz CT molecular complexity index is 780. The van der Waals surface area contributed by atoms with Crippen LogP contribution in [-0.4, -0.2) is 50.7 Å². The monoisotopic (exact) mass is 373 g/mol. The molecular weight excluding hydrogens is 350 g/mol. The third-order valence-corrected chi connectivity index (χ3v) is 5.56. The van der Waals surface area contributed by atoms with E-state index in [2.05, 4.69) is 15.4 Å². The Hall–Kier alpha value is -1.92. The number of benzene rings is 1. The molecule has 0 spiro atoms. The minimum atomic E-state index is 0.0977. The van der Waals surface area contributed by atoms with E-state index in [0.717, 1.165) is 57.0 Å². The SMILES string of the molecule is Cc1nc2n(n1)CC(NC1CCN(C(=O)c3ccc(Cl)cc3)CC1)CC2. The van der Waals surface area contributed by atoms with Crippen molar-refractivity contribution in [1.29, 1.82) is 0 Å². The summed E-state index contributed by atoms with van der Waals surface area (Å²) < 4.78 is 2.04. The van der Waals surface area contributed by atoms with Gasteiger partial charge in [0, 0.05) is 42.2 Å². The van der Waals surface area contributed by atoms with Gasteiger partial charge in [-0.2, -0.15) is 5.10 Å². The fraction of sp³-hybridized carbons (Fsp3) is 0.526. The number of hydrogen-bond acceptors (Lipinski definition) is 4. The van der Waals surface area contributed by atoms with E-state index in [9.17, 15) is 4.79 Å². The number of likely N-dealkylation sites (tertiary alicyclic amines) is 1. The number of halogens is 1. The number of aromatic nitrogens is 3. The number of carbonyl (C=O) groups is 1. The van der Waals surface area contributed by atoms with Gasteiger partial charge in [0.25, 0.3) is 5.91 Å². The molecule has 2 aliphatic heterocycles. The lowest BCUT2D eigenvalue weighted by Gasteiger charge is -2.35. The predicted molar refractivity (Wildman–Crippen MR) is 100 cm³/mol. The molecule has 138 valence electrons. The van der Waals surface area contributed by atoms with Gasteiger partial charge in [0.1, 0.15) is 11.6 Å². The van der Waals surface area contributed by atoms with Gasteiger partial charge < -0.3 is 10.2 Å². The molecule has 0 radical (unpaired) electrons. The first-order chi connectivity index (χ1) is 12.6. The summed E-state index contributed by atoms with van der Waals surface area (Å²) in [7, 11) is 0. The maximum Gasteiger partial charge on any atom is 0.253 e. The summed E-state index contributed by atoms with van der Waals surface area (Å²) in [5, 5.41) is 8.90. The molecule has 0 aliphatic carbocycles. The Kier molecular flexibility index (Phi) is 4.96. The van der Waals surface area contributed by atoms with Gasteiger partial charge >= 0.3 is 0 Å². The number of aryl methyl sites for hydroxylation is 2. The van der Waals surface area contributed by atoms with E-state index in [1.807, 2.05) is 16.5 Å². The molecule has 0 saturated carbocycles. The van der Waals surface area contributed by atoms with Crippen LogP contribution in [-0.2, 0) is 13.0 Å². The van der Waals surface area contributed by atoms with Crippen molar-refractivity contribution >= 4 is 17.5 Å². The lowest BCUT2D eigenvalue weighted by Crippen LogP contribution is -2.49. The zero-order valence-electron chi connectivity index (χ0n) is 15.0. The van der Waals surface area contributed by atoms with Crippen LogP contribution in [0.15, 0.2) is 24.3 Å². The zero-order valence-corrected chi connectivity index (χ0v) is 15.7. The van der Waals surface area contributed by atoms with Crippen LogP contribution in [0.25, 0.3) is 0 Å². The van der Waals surface area contributed by atoms with E-state index >= 15 is 0 Å². The van der Waals surface area contributed by atoms with Crippen molar-refractivity contribution < 1.29 is 4.79 Å². The van der Waals surface area contributed by atoms with Gasteiger partial charge in [-0.05, 0) is 50.5 Å². The van der Waals surface area contributed by atoms with E-state index in [1.54, 1.807) is 24.3 Å². The van der Waals surface area contributed by atoms with Crippen LogP contribution in [0.5, 0.6) is 0 Å². The van der Waals surface area contributed by atoms with Crippen LogP contribution in [0, 0.1) is 6.92 Å². The summed E-state index contributed by atoms with van der Waals surface area (Å²) in [6.07, 6.45) is 4.05. The lowest BCUT2D eigenvalue weighted by atomic mass is 10.0. The van der Waals surface area contributed by atoms with Crippen molar-refractivity contribution in [3.05, 3.63) is 46.5 Å². The molecule has 6 nitrogen and oxygen atoms in total. The first-order valence-electron chi connectivity index (χ1n) is 9.30. The minimum Gasteiger partial charge on any atom is -0.339 e. The van der Waals surface area contributed by atoms with E-state index in [-0.39, 0.29) is 5.91 Å². The van der Waals surface area contributed by atoms with Gasteiger partial charge in [0.15, 0.2) is 0 Å². The highest BCUT2D eigenvalue weighted by molar-refractivity contribution is 6.30. The third kappa shape index (κ3) is 3.76. The van der Waals surface area contributed by atoms with E-state index < -0.39 is 0 Å². The van der Waals surface area contributed by atoms with Crippen molar-refractivity contribution in [2.24, 2.45) is 0 Å².